The monoisotopic (exact) mass is 433 g/mol. The maximum absolute atomic E-state index is 9.93. The first kappa shape index (κ1) is 18.5. The summed E-state index contributed by atoms with van der Waals surface area (Å²) in [5.41, 5.74) is 1.31. The van der Waals surface area contributed by atoms with Crippen molar-refractivity contribution in [3.8, 4) is 0 Å². The van der Waals surface area contributed by atoms with Crippen molar-refractivity contribution in [2.24, 2.45) is 18.0 Å². The zero-order valence-electron chi connectivity index (χ0n) is 14.0. The van der Waals surface area contributed by atoms with Gasteiger partial charge in [0.2, 0.25) is 0 Å². The lowest BCUT2D eigenvalue weighted by atomic mass is 10.0. The predicted molar refractivity (Wildman–Crippen MR) is 102 cm³/mol. The van der Waals surface area contributed by atoms with Crippen LogP contribution in [0.3, 0.4) is 0 Å². The molecule has 1 aromatic heterocycles. The van der Waals surface area contributed by atoms with Crippen LogP contribution in [-0.2, 0) is 7.05 Å². The molecular formula is C16H28IN5O. The highest BCUT2D eigenvalue weighted by molar-refractivity contribution is 14.0. The number of guanidine groups is 1. The second kappa shape index (κ2) is 8.32. The van der Waals surface area contributed by atoms with Gasteiger partial charge in [0.25, 0.3) is 0 Å². The zero-order valence-corrected chi connectivity index (χ0v) is 16.3. The lowest BCUT2D eigenvalue weighted by molar-refractivity contribution is 0.134. The molecule has 3 unspecified atom stereocenters. The third-order valence-electron chi connectivity index (χ3n) is 5.04. The fraction of sp³-hybridized carbons (Fsp3) is 0.750. The Labute approximate surface area is 155 Å². The lowest BCUT2D eigenvalue weighted by Crippen LogP contribution is -2.42. The summed E-state index contributed by atoms with van der Waals surface area (Å²) in [6.07, 6.45) is 8.27. The van der Waals surface area contributed by atoms with E-state index in [0.29, 0.717) is 11.8 Å². The van der Waals surface area contributed by atoms with Gasteiger partial charge in [0.15, 0.2) is 5.96 Å². The van der Waals surface area contributed by atoms with E-state index in [1.807, 2.05) is 25.0 Å². The molecule has 2 heterocycles. The molecule has 0 aromatic carbocycles. The molecule has 130 valence electrons. The van der Waals surface area contributed by atoms with Crippen LogP contribution < -0.4 is 5.32 Å². The van der Waals surface area contributed by atoms with Crippen LogP contribution in [0.25, 0.3) is 0 Å². The van der Waals surface area contributed by atoms with E-state index in [4.69, 9.17) is 0 Å². The van der Waals surface area contributed by atoms with E-state index in [1.54, 1.807) is 0 Å². The molecule has 0 bridgehead atoms. The quantitative estimate of drug-likeness (QED) is 0.432. The normalized spacial score (nSPS) is 28.0. The molecule has 3 atom stereocenters. The van der Waals surface area contributed by atoms with Crippen molar-refractivity contribution in [3.63, 3.8) is 0 Å². The topological polar surface area (TPSA) is 65.7 Å². The molecule has 23 heavy (non-hydrogen) atoms. The third-order valence-corrected chi connectivity index (χ3v) is 5.04. The highest BCUT2D eigenvalue weighted by Gasteiger charge is 2.29. The molecule has 2 fully saturated rings. The van der Waals surface area contributed by atoms with Gasteiger partial charge in [-0.3, -0.25) is 9.67 Å². The van der Waals surface area contributed by atoms with Crippen LogP contribution in [0.15, 0.2) is 17.4 Å². The Hall–Kier alpha value is -0.830. The summed E-state index contributed by atoms with van der Waals surface area (Å²) in [7, 11) is 3.80. The lowest BCUT2D eigenvalue weighted by Gasteiger charge is -2.24. The number of aryl methyl sites for hydroxylation is 1. The summed E-state index contributed by atoms with van der Waals surface area (Å²) in [5.74, 6) is 1.86. The highest BCUT2D eigenvalue weighted by atomic mass is 127. The van der Waals surface area contributed by atoms with Gasteiger partial charge >= 0.3 is 0 Å². The van der Waals surface area contributed by atoms with Crippen molar-refractivity contribution in [2.45, 2.75) is 37.7 Å². The molecule has 0 spiro atoms. The molecule has 1 aromatic rings. The van der Waals surface area contributed by atoms with Crippen molar-refractivity contribution in [2.75, 3.05) is 26.7 Å². The SMILES string of the molecule is CN=C(NCC1CCCC1O)N1CCC(c2cnn(C)c2)C1.I. The van der Waals surface area contributed by atoms with E-state index in [0.717, 1.165) is 51.3 Å². The molecule has 2 aliphatic rings. The van der Waals surface area contributed by atoms with Crippen LogP contribution in [-0.4, -0.2) is 58.5 Å². The van der Waals surface area contributed by atoms with Crippen LogP contribution in [0.5, 0.6) is 0 Å². The number of hydrogen-bond donors (Lipinski definition) is 2. The Morgan fingerprint density at radius 1 is 1.43 bits per heavy atom. The number of likely N-dealkylation sites (tertiary alicyclic amines) is 1. The number of aromatic nitrogens is 2. The van der Waals surface area contributed by atoms with Crippen LogP contribution >= 0.6 is 24.0 Å². The van der Waals surface area contributed by atoms with Gasteiger partial charge in [-0.2, -0.15) is 5.10 Å². The van der Waals surface area contributed by atoms with Crippen molar-refractivity contribution in [1.82, 2.24) is 20.0 Å². The fourth-order valence-electron chi connectivity index (χ4n) is 3.69. The second-order valence-electron chi connectivity index (χ2n) is 6.57. The van der Waals surface area contributed by atoms with Crippen molar-refractivity contribution in [3.05, 3.63) is 18.0 Å². The van der Waals surface area contributed by atoms with Gasteiger partial charge in [-0.15, -0.1) is 24.0 Å². The van der Waals surface area contributed by atoms with Gasteiger partial charge in [0.1, 0.15) is 0 Å². The standard InChI is InChI=1S/C16H27N5O.HI/c1-17-16(18-8-12-4-3-5-15(12)22)21-7-6-13(11-21)14-9-19-20(2)10-14;/h9-10,12-13,15,22H,3-8,11H2,1-2H3,(H,17,18);1H. The van der Waals surface area contributed by atoms with E-state index in [1.165, 1.54) is 5.56 Å². The Balaban J connectivity index is 0.00000192. The minimum absolute atomic E-state index is 0. The third kappa shape index (κ3) is 4.37. The van der Waals surface area contributed by atoms with Crippen LogP contribution in [0.4, 0.5) is 0 Å². The van der Waals surface area contributed by atoms with Crippen LogP contribution in [0.2, 0.25) is 0 Å². The number of halogens is 1. The van der Waals surface area contributed by atoms with Crippen molar-refractivity contribution >= 4 is 29.9 Å². The maximum Gasteiger partial charge on any atom is 0.193 e. The molecule has 0 radical (unpaired) electrons. The number of hydrogen-bond acceptors (Lipinski definition) is 3. The molecule has 1 aliphatic heterocycles. The van der Waals surface area contributed by atoms with E-state index in [-0.39, 0.29) is 30.1 Å². The largest absolute Gasteiger partial charge is 0.393 e. The summed E-state index contributed by atoms with van der Waals surface area (Å²) in [4.78, 5) is 6.74. The van der Waals surface area contributed by atoms with Crippen LogP contribution in [0.1, 0.15) is 37.2 Å². The fourth-order valence-corrected chi connectivity index (χ4v) is 3.69. The summed E-state index contributed by atoms with van der Waals surface area (Å²) in [6.45, 7) is 2.83. The summed E-state index contributed by atoms with van der Waals surface area (Å²) in [5, 5.41) is 17.7. The first-order chi connectivity index (χ1) is 10.7. The molecule has 1 aliphatic carbocycles. The molecular weight excluding hydrogens is 405 g/mol. The number of nitrogens with one attached hydrogen (secondary N) is 1. The number of aliphatic imine (C=N–C) groups is 1. The average molecular weight is 433 g/mol. The van der Waals surface area contributed by atoms with E-state index in [9.17, 15) is 5.11 Å². The van der Waals surface area contributed by atoms with Gasteiger partial charge in [-0.1, -0.05) is 6.42 Å². The Kier molecular flexibility index (Phi) is 6.70. The van der Waals surface area contributed by atoms with E-state index >= 15 is 0 Å². The highest BCUT2D eigenvalue weighted by Crippen LogP contribution is 2.27. The Morgan fingerprint density at radius 3 is 2.87 bits per heavy atom. The number of aliphatic hydroxyl groups excluding tert-OH is 1. The molecule has 3 rings (SSSR count). The minimum atomic E-state index is -0.146. The molecule has 0 amide bonds. The van der Waals surface area contributed by atoms with E-state index < -0.39 is 0 Å². The minimum Gasteiger partial charge on any atom is -0.393 e. The van der Waals surface area contributed by atoms with Gasteiger partial charge in [-0.25, -0.2) is 0 Å². The summed E-state index contributed by atoms with van der Waals surface area (Å²) < 4.78 is 1.87. The van der Waals surface area contributed by atoms with Gasteiger partial charge in [0.05, 0.1) is 12.3 Å². The van der Waals surface area contributed by atoms with Crippen molar-refractivity contribution in [1.29, 1.82) is 0 Å². The van der Waals surface area contributed by atoms with Crippen LogP contribution in [0, 0.1) is 5.92 Å². The molecule has 2 N–H and O–H groups in total. The maximum atomic E-state index is 9.93. The van der Waals surface area contributed by atoms with Gasteiger partial charge < -0.3 is 15.3 Å². The number of rotatable bonds is 3. The molecule has 1 saturated carbocycles. The molecule has 1 saturated heterocycles. The smallest absolute Gasteiger partial charge is 0.193 e. The zero-order chi connectivity index (χ0) is 15.5. The first-order valence-electron chi connectivity index (χ1n) is 8.29. The van der Waals surface area contributed by atoms with Crippen molar-refractivity contribution < 1.29 is 5.11 Å². The van der Waals surface area contributed by atoms with Gasteiger partial charge in [-0.05, 0) is 24.8 Å². The van der Waals surface area contributed by atoms with Gasteiger partial charge in [0, 0.05) is 51.8 Å². The van der Waals surface area contributed by atoms with E-state index in [2.05, 4.69) is 26.5 Å². The number of aliphatic hydroxyl groups is 1. The second-order valence-corrected chi connectivity index (χ2v) is 6.57. The Morgan fingerprint density at radius 2 is 2.26 bits per heavy atom. The summed E-state index contributed by atoms with van der Waals surface area (Å²) >= 11 is 0. The average Bonchev–Trinajstić information content (AvgIpc) is 3.22. The Bertz CT molecular complexity index is 532. The molecule has 7 heteroatoms. The predicted octanol–water partition coefficient (Wildman–Crippen LogP) is 1.56. The summed E-state index contributed by atoms with van der Waals surface area (Å²) in [6, 6.07) is 0. The number of nitrogens with zero attached hydrogens (tertiary/aromatic N) is 4. The molecule has 6 nitrogen and oxygen atoms in total. The first-order valence-corrected chi connectivity index (χ1v) is 8.29.